The van der Waals surface area contributed by atoms with E-state index in [2.05, 4.69) is 15.6 Å². The van der Waals surface area contributed by atoms with Crippen LogP contribution in [0.3, 0.4) is 0 Å². The summed E-state index contributed by atoms with van der Waals surface area (Å²) in [6, 6.07) is 7.28. The van der Waals surface area contributed by atoms with Crippen LogP contribution in [-0.2, 0) is 6.42 Å². The first-order valence-corrected chi connectivity index (χ1v) is 9.37. The largest absolute Gasteiger partial charge is 0.508 e. The number of hydrogen-bond acceptors (Lipinski definition) is 4. The quantitative estimate of drug-likeness (QED) is 0.774. The first-order chi connectivity index (χ1) is 11.7. The van der Waals surface area contributed by atoms with Gasteiger partial charge in [-0.25, -0.2) is 9.78 Å². The van der Waals surface area contributed by atoms with E-state index in [4.69, 9.17) is 0 Å². The average Bonchev–Trinajstić information content (AvgIpc) is 3.05. The summed E-state index contributed by atoms with van der Waals surface area (Å²) in [6.45, 7) is 0.584. The van der Waals surface area contributed by atoms with Crippen molar-refractivity contribution in [3.05, 3.63) is 34.7 Å². The van der Waals surface area contributed by atoms with Crippen LogP contribution in [0.15, 0.2) is 29.6 Å². The first-order valence-electron chi connectivity index (χ1n) is 8.49. The number of phenolic OH excluding ortho intramolecular Hbond substituents is 1. The van der Waals surface area contributed by atoms with Crippen LogP contribution in [-0.4, -0.2) is 28.7 Å². The van der Waals surface area contributed by atoms with Crippen molar-refractivity contribution < 1.29 is 9.90 Å². The highest BCUT2D eigenvalue weighted by Crippen LogP contribution is 2.23. The highest BCUT2D eigenvalue weighted by atomic mass is 32.1. The Morgan fingerprint density at radius 1 is 1.21 bits per heavy atom. The standard InChI is InChI=1S/C18H23N3O2S/c22-15-8-6-13(7-9-15)16-12-24-17(21-16)10-11-19-18(23)20-14-4-2-1-3-5-14/h6-9,12,14,22H,1-5,10-11H2,(H2,19,20,23). The van der Waals surface area contributed by atoms with E-state index in [1.54, 1.807) is 23.5 Å². The molecule has 2 amide bonds. The van der Waals surface area contributed by atoms with Crippen molar-refractivity contribution in [3.8, 4) is 17.0 Å². The van der Waals surface area contributed by atoms with Crippen molar-refractivity contribution in [2.24, 2.45) is 0 Å². The van der Waals surface area contributed by atoms with Crippen LogP contribution in [0.5, 0.6) is 5.75 Å². The van der Waals surface area contributed by atoms with Gasteiger partial charge in [0.15, 0.2) is 0 Å². The molecule has 2 aromatic rings. The Hall–Kier alpha value is -2.08. The third-order valence-electron chi connectivity index (χ3n) is 4.28. The molecule has 0 unspecified atom stereocenters. The van der Waals surface area contributed by atoms with E-state index in [9.17, 15) is 9.90 Å². The number of nitrogens with one attached hydrogen (secondary N) is 2. The van der Waals surface area contributed by atoms with Crippen LogP contribution in [0.2, 0.25) is 0 Å². The molecule has 24 heavy (non-hydrogen) atoms. The maximum atomic E-state index is 11.9. The molecule has 3 N–H and O–H groups in total. The number of carbonyl (C=O) groups is 1. The molecule has 1 fully saturated rings. The second-order valence-corrected chi connectivity index (χ2v) is 7.10. The van der Waals surface area contributed by atoms with Crippen molar-refractivity contribution in [1.29, 1.82) is 0 Å². The van der Waals surface area contributed by atoms with Crippen LogP contribution < -0.4 is 10.6 Å². The third kappa shape index (κ3) is 4.71. The van der Waals surface area contributed by atoms with E-state index < -0.39 is 0 Å². The molecule has 128 valence electrons. The van der Waals surface area contributed by atoms with Gasteiger partial charge in [0, 0.05) is 30.0 Å². The lowest BCUT2D eigenvalue weighted by Gasteiger charge is -2.22. The predicted molar refractivity (Wildman–Crippen MR) is 96.3 cm³/mol. The summed E-state index contributed by atoms with van der Waals surface area (Å²) in [5.74, 6) is 0.252. The lowest BCUT2D eigenvalue weighted by Crippen LogP contribution is -2.43. The van der Waals surface area contributed by atoms with Crippen molar-refractivity contribution in [2.45, 2.75) is 44.6 Å². The summed E-state index contributed by atoms with van der Waals surface area (Å²) < 4.78 is 0. The molecule has 6 heteroatoms. The van der Waals surface area contributed by atoms with Gasteiger partial charge in [-0.2, -0.15) is 0 Å². The van der Waals surface area contributed by atoms with E-state index in [1.807, 2.05) is 17.5 Å². The summed E-state index contributed by atoms with van der Waals surface area (Å²) in [4.78, 5) is 16.5. The molecule has 1 aromatic carbocycles. The summed E-state index contributed by atoms with van der Waals surface area (Å²) >= 11 is 1.59. The fourth-order valence-electron chi connectivity index (χ4n) is 2.96. The molecule has 1 aromatic heterocycles. The summed E-state index contributed by atoms with van der Waals surface area (Å²) in [6.07, 6.45) is 6.62. The van der Waals surface area contributed by atoms with Crippen LogP contribution >= 0.6 is 11.3 Å². The Labute approximate surface area is 146 Å². The number of amides is 2. The van der Waals surface area contributed by atoms with Crippen LogP contribution in [0.4, 0.5) is 4.79 Å². The van der Waals surface area contributed by atoms with Gasteiger partial charge in [0.25, 0.3) is 0 Å². The van der Waals surface area contributed by atoms with Crippen molar-refractivity contribution in [2.75, 3.05) is 6.54 Å². The maximum absolute atomic E-state index is 11.9. The highest BCUT2D eigenvalue weighted by molar-refractivity contribution is 7.09. The number of thiazole rings is 1. The van der Waals surface area contributed by atoms with Gasteiger partial charge in [0.1, 0.15) is 5.75 Å². The molecule has 0 bridgehead atoms. The number of carbonyl (C=O) groups excluding carboxylic acids is 1. The van der Waals surface area contributed by atoms with Crippen LogP contribution in [0.25, 0.3) is 11.3 Å². The molecular weight excluding hydrogens is 322 g/mol. The molecule has 1 aliphatic carbocycles. The fraction of sp³-hybridized carbons (Fsp3) is 0.444. The number of urea groups is 1. The summed E-state index contributed by atoms with van der Waals surface area (Å²) in [7, 11) is 0. The number of phenols is 1. The maximum Gasteiger partial charge on any atom is 0.315 e. The summed E-state index contributed by atoms with van der Waals surface area (Å²) in [5, 5.41) is 18.3. The second kappa shape index (κ2) is 8.15. The number of rotatable bonds is 5. The van der Waals surface area contributed by atoms with Crippen molar-refractivity contribution >= 4 is 17.4 Å². The van der Waals surface area contributed by atoms with Crippen molar-refractivity contribution in [1.82, 2.24) is 15.6 Å². The van der Waals surface area contributed by atoms with Gasteiger partial charge in [0.05, 0.1) is 10.7 Å². The molecule has 1 saturated carbocycles. The number of benzene rings is 1. The Morgan fingerprint density at radius 2 is 1.96 bits per heavy atom. The SMILES string of the molecule is O=C(NCCc1nc(-c2ccc(O)cc2)cs1)NC1CCCCC1. The smallest absolute Gasteiger partial charge is 0.315 e. The second-order valence-electron chi connectivity index (χ2n) is 6.16. The molecule has 5 nitrogen and oxygen atoms in total. The molecule has 1 heterocycles. The molecular formula is C18H23N3O2S. The predicted octanol–water partition coefficient (Wildman–Crippen LogP) is 3.69. The van der Waals surface area contributed by atoms with Crippen molar-refractivity contribution in [3.63, 3.8) is 0 Å². The minimum Gasteiger partial charge on any atom is -0.508 e. The topological polar surface area (TPSA) is 74.2 Å². The molecule has 0 spiro atoms. The minimum atomic E-state index is -0.0720. The number of hydrogen-bond donors (Lipinski definition) is 3. The van der Waals surface area contributed by atoms with E-state index in [0.717, 1.165) is 35.5 Å². The Kier molecular flexibility index (Phi) is 5.69. The zero-order valence-corrected chi connectivity index (χ0v) is 14.4. The van der Waals surface area contributed by atoms with Gasteiger partial charge in [-0.1, -0.05) is 19.3 Å². The fourth-order valence-corrected chi connectivity index (χ4v) is 3.76. The molecule has 1 aliphatic rings. The first kappa shape index (κ1) is 16.8. The van der Waals surface area contributed by atoms with Gasteiger partial charge in [-0.15, -0.1) is 11.3 Å². The summed E-state index contributed by atoms with van der Waals surface area (Å²) in [5.41, 5.74) is 1.89. The van der Waals surface area contributed by atoms with Crippen LogP contribution in [0, 0.1) is 0 Å². The Bertz CT molecular complexity index is 663. The molecule has 0 aliphatic heterocycles. The zero-order valence-electron chi connectivity index (χ0n) is 13.6. The van der Waals surface area contributed by atoms with Gasteiger partial charge in [0.2, 0.25) is 0 Å². The lowest BCUT2D eigenvalue weighted by molar-refractivity contribution is 0.233. The third-order valence-corrected chi connectivity index (χ3v) is 5.19. The lowest BCUT2D eigenvalue weighted by atomic mass is 9.96. The highest BCUT2D eigenvalue weighted by Gasteiger charge is 2.15. The molecule has 0 atom stereocenters. The normalized spacial score (nSPS) is 15.2. The monoisotopic (exact) mass is 345 g/mol. The Morgan fingerprint density at radius 3 is 2.71 bits per heavy atom. The number of aromatic hydroxyl groups is 1. The van der Waals surface area contributed by atoms with E-state index in [1.165, 1.54) is 19.3 Å². The van der Waals surface area contributed by atoms with E-state index >= 15 is 0 Å². The minimum absolute atomic E-state index is 0.0720. The van der Waals surface area contributed by atoms with Gasteiger partial charge < -0.3 is 15.7 Å². The molecule has 3 rings (SSSR count). The number of aromatic nitrogens is 1. The van der Waals surface area contributed by atoms with E-state index in [0.29, 0.717) is 12.6 Å². The zero-order chi connectivity index (χ0) is 16.8. The molecule has 0 saturated heterocycles. The average molecular weight is 345 g/mol. The van der Waals surface area contributed by atoms with Gasteiger partial charge in [-0.3, -0.25) is 0 Å². The molecule has 0 radical (unpaired) electrons. The van der Waals surface area contributed by atoms with E-state index in [-0.39, 0.29) is 11.8 Å². The number of nitrogens with zero attached hydrogens (tertiary/aromatic N) is 1. The van der Waals surface area contributed by atoms with Gasteiger partial charge in [-0.05, 0) is 37.1 Å². The Balaban J connectivity index is 1.43. The van der Waals surface area contributed by atoms with Gasteiger partial charge >= 0.3 is 6.03 Å². The van der Waals surface area contributed by atoms with Crippen LogP contribution in [0.1, 0.15) is 37.1 Å².